The summed E-state index contributed by atoms with van der Waals surface area (Å²) in [5, 5.41) is 13.4. The first-order valence-electron chi connectivity index (χ1n) is 9.71. The summed E-state index contributed by atoms with van der Waals surface area (Å²) in [5.41, 5.74) is -3.11. The van der Waals surface area contributed by atoms with Gasteiger partial charge in [-0.15, -0.1) is 0 Å². The van der Waals surface area contributed by atoms with Crippen LogP contribution in [0.25, 0.3) is 11.1 Å². The number of carbonyl (C=O) groups excluding carboxylic acids is 1. The van der Waals surface area contributed by atoms with Crippen LogP contribution in [0.15, 0.2) is 42.5 Å². The van der Waals surface area contributed by atoms with E-state index in [-0.39, 0.29) is 22.6 Å². The van der Waals surface area contributed by atoms with Crippen LogP contribution in [0, 0.1) is 5.92 Å². The highest BCUT2D eigenvalue weighted by Gasteiger charge is 2.58. The van der Waals surface area contributed by atoms with Gasteiger partial charge in [0.1, 0.15) is 0 Å². The van der Waals surface area contributed by atoms with Crippen LogP contribution in [-0.2, 0) is 17.1 Å². The third kappa shape index (κ3) is 3.79. The van der Waals surface area contributed by atoms with Gasteiger partial charge < -0.3 is 10.4 Å². The highest BCUT2D eigenvalue weighted by molar-refractivity contribution is 5.89. The number of nitrogens with one attached hydrogen (secondary N) is 1. The monoisotopic (exact) mass is 443 g/mol. The predicted octanol–water partition coefficient (Wildman–Crippen LogP) is 5.13. The molecule has 1 heterocycles. The zero-order valence-corrected chi connectivity index (χ0v) is 16.3. The molecule has 0 bridgehead atoms. The molecular formula is C22H19F6NO2. The Kier molecular flexibility index (Phi) is 4.88. The number of aliphatic hydroxyl groups excluding tert-OH is 1. The number of hydrogen-bond donors (Lipinski definition) is 2. The molecule has 1 aliphatic carbocycles. The summed E-state index contributed by atoms with van der Waals surface area (Å²) in [6.07, 6.45) is -9.15. The summed E-state index contributed by atoms with van der Waals surface area (Å²) in [4.78, 5) is 12.6. The first kappa shape index (κ1) is 21.7. The summed E-state index contributed by atoms with van der Waals surface area (Å²) in [6, 6.07) is 7.04. The molecule has 0 spiro atoms. The predicted molar refractivity (Wildman–Crippen MR) is 99.9 cm³/mol. The molecule has 9 heteroatoms. The molecule has 31 heavy (non-hydrogen) atoms. The highest BCUT2D eigenvalue weighted by atomic mass is 19.4. The second-order valence-electron chi connectivity index (χ2n) is 8.34. The molecule has 1 aliphatic heterocycles. The van der Waals surface area contributed by atoms with Crippen molar-refractivity contribution < 1.29 is 36.2 Å². The zero-order valence-electron chi connectivity index (χ0n) is 16.3. The van der Waals surface area contributed by atoms with Crippen LogP contribution in [0.5, 0.6) is 0 Å². The Morgan fingerprint density at radius 2 is 1.52 bits per heavy atom. The first-order valence-corrected chi connectivity index (χ1v) is 9.71. The fourth-order valence-electron chi connectivity index (χ4n) is 4.35. The summed E-state index contributed by atoms with van der Waals surface area (Å²) in [7, 11) is 0. The Morgan fingerprint density at radius 1 is 0.935 bits per heavy atom. The van der Waals surface area contributed by atoms with Crippen molar-refractivity contribution in [2.75, 3.05) is 0 Å². The summed E-state index contributed by atoms with van der Waals surface area (Å²) >= 11 is 0. The van der Waals surface area contributed by atoms with E-state index >= 15 is 0 Å². The minimum absolute atomic E-state index is 0.0113. The van der Waals surface area contributed by atoms with Crippen LogP contribution in [0.4, 0.5) is 26.3 Å². The lowest BCUT2D eigenvalue weighted by Gasteiger charge is -2.29. The number of benzene rings is 2. The average molecular weight is 443 g/mol. The van der Waals surface area contributed by atoms with Crippen molar-refractivity contribution in [3.63, 3.8) is 0 Å². The van der Waals surface area contributed by atoms with Gasteiger partial charge in [-0.05, 0) is 60.6 Å². The molecule has 4 rings (SSSR count). The molecule has 2 fully saturated rings. The van der Waals surface area contributed by atoms with Crippen LogP contribution in [0.1, 0.15) is 42.4 Å². The lowest BCUT2D eigenvalue weighted by molar-refractivity contribution is -0.139. The maximum Gasteiger partial charge on any atom is 0.416 e. The molecule has 0 aromatic heterocycles. The molecule has 3 unspecified atom stereocenters. The van der Waals surface area contributed by atoms with E-state index in [2.05, 4.69) is 5.32 Å². The van der Waals surface area contributed by atoms with Gasteiger partial charge in [0.25, 0.3) is 0 Å². The first-order chi connectivity index (χ1) is 14.3. The third-order valence-corrected chi connectivity index (χ3v) is 6.27. The van der Waals surface area contributed by atoms with Crippen molar-refractivity contribution in [2.45, 2.75) is 49.7 Å². The van der Waals surface area contributed by atoms with Gasteiger partial charge >= 0.3 is 12.4 Å². The highest BCUT2D eigenvalue weighted by Crippen LogP contribution is 2.49. The molecule has 1 saturated heterocycles. The zero-order chi connectivity index (χ0) is 22.8. The van der Waals surface area contributed by atoms with Crippen LogP contribution >= 0.6 is 0 Å². The largest absolute Gasteiger partial charge is 0.416 e. The molecular weight excluding hydrogens is 424 g/mol. The van der Waals surface area contributed by atoms with E-state index in [0.717, 1.165) is 49.2 Å². The topological polar surface area (TPSA) is 49.3 Å². The average Bonchev–Trinajstić information content (AvgIpc) is 3.49. The minimum Gasteiger partial charge on any atom is -0.389 e. The Bertz CT molecular complexity index is 1010. The van der Waals surface area contributed by atoms with Gasteiger partial charge in [-0.3, -0.25) is 4.79 Å². The van der Waals surface area contributed by atoms with E-state index in [9.17, 15) is 36.2 Å². The van der Waals surface area contributed by atoms with Crippen LogP contribution < -0.4 is 5.32 Å². The van der Waals surface area contributed by atoms with Gasteiger partial charge in [-0.1, -0.05) is 24.3 Å². The molecule has 2 aromatic carbocycles. The maximum absolute atomic E-state index is 13.9. The Morgan fingerprint density at radius 3 is 2.03 bits per heavy atom. The van der Waals surface area contributed by atoms with Crippen LogP contribution in [0.2, 0.25) is 0 Å². The van der Waals surface area contributed by atoms with Crippen molar-refractivity contribution in [3.8, 4) is 11.1 Å². The smallest absolute Gasteiger partial charge is 0.389 e. The van der Waals surface area contributed by atoms with Crippen LogP contribution in [0.3, 0.4) is 0 Å². The number of rotatable bonds is 3. The van der Waals surface area contributed by atoms with Gasteiger partial charge in [0, 0.05) is 0 Å². The Labute approximate surface area is 174 Å². The number of halogens is 6. The quantitative estimate of drug-likeness (QED) is 0.646. The number of alkyl halides is 6. The van der Waals surface area contributed by atoms with E-state index in [1.54, 1.807) is 6.92 Å². The fraction of sp³-hybridized carbons (Fsp3) is 0.409. The number of aliphatic hydroxyl groups is 1. The van der Waals surface area contributed by atoms with Crippen molar-refractivity contribution in [2.24, 2.45) is 5.92 Å². The summed E-state index contributed by atoms with van der Waals surface area (Å²) in [5.74, 6) is -2.05. The standard InChI is InChI=1S/C22H19F6NO2/c1-20(13-7-8-13)18(30)17(19(31)29-20)15-9-4-12(10-16(15)22(26,27)28)11-2-5-14(6-3-11)21(23,24)25/h2-6,9-10,13,17-18,30H,7-8H2,1H3,(H,29,31). The van der Waals surface area contributed by atoms with Gasteiger partial charge in [-0.2, -0.15) is 26.3 Å². The lowest BCUT2D eigenvalue weighted by atomic mass is 9.81. The summed E-state index contributed by atoms with van der Waals surface area (Å²) in [6.45, 7) is 1.64. The fourth-order valence-corrected chi connectivity index (χ4v) is 4.35. The summed E-state index contributed by atoms with van der Waals surface area (Å²) < 4.78 is 79.9. The second-order valence-corrected chi connectivity index (χ2v) is 8.34. The maximum atomic E-state index is 13.9. The van der Waals surface area contributed by atoms with Crippen LogP contribution in [-0.4, -0.2) is 22.7 Å². The second kappa shape index (κ2) is 6.98. The molecule has 3 nitrogen and oxygen atoms in total. The van der Waals surface area contributed by atoms with E-state index in [1.807, 2.05) is 0 Å². The minimum atomic E-state index is -4.82. The lowest BCUT2D eigenvalue weighted by Crippen LogP contribution is -2.48. The SMILES string of the molecule is CC1(C2CC2)NC(=O)C(c2ccc(-c3ccc(C(F)(F)F)cc3)cc2C(F)(F)F)C1O. The number of hydrogen-bond acceptors (Lipinski definition) is 2. The van der Waals surface area contributed by atoms with Gasteiger partial charge in [0.05, 0.1) is 28.7 Å². The van der Waals surface area contributed by atoms with E-state index < -0.39 is 46.9 Å². The Balaban J connectivity index is 1.75. The van der Waals surface area contributed by atoms with Crippen molar-refractivity contribution in [1.29, 1.82) is 0 Å². The van der Waals surface area contributed by atoms with Crippen molar-refractivity contribution in [3.05, 3.63) is 59.2 Å². The van der Waals surface area contributed by atoms with Gasteiger partial charge in [0.15, 0.2) is 0 Å². The number of amides is 1. The van der Waals surface area contributed by atoms with Gasteiger partial charge in [0.2, 0.25) is 5.91 Å². The van der Waals surface area contributed by atoms with Crippen molar-refractivity contribution in [1.82, 2.24) is 5.32 Å². The normalized spacial score (nSPS) is 26.8. The molecule has 2 aromatic rings. The molecule has 1 saturated carbocycles. The third-order valence-electron chi connectivity index (χ3n) is 6.27. The Hall–Kier alpha value is -2.55. The molecule has 166 valence electrons. The molecule has 2 aliphatic rings. The van der Waals surface area contributed by atoms with E-state index in [4.69, 9.17) is 0 Å². The molecule has 1 amide bonds. The molecule has 3 atom stereocenters. The van der Waals surface area contributed by atoms with Crippen molar-refractivity contribution >= 4 is 5.91 Å². The van der Waals surface area contributed by atoms with E-state index in [0.29, 0.717) is 0 Å². The molecule has 0 radical (unpaired) electrons. The number of carbonyl (C=O) groups is 1. The van der Waals surface area contributed by atoms with E-state index in [1.165, 1.54) is 6.07 Å². The van der Waals surface area contributed by atoms with Gasteiger partial charge in [-0.25, -0.2) is 0 Å². The molecule has 2 N–H and O–H groups in total.